The Morgan fingerprint density at radius 3 is 2.45 bits per heavy atom. The van der Waals surface area contributed by atoms with Crippen molar-refractivity contribution in [1.82, 2.24) is 4.98 Å². The summed E-state index contributed by atoms with van der Waals surface area (Å²) in [6.07, 6.45) is 1.78. The smallest absolute Gasteiger partial charge is 0.335 e. The van der Waals surface area contributed by atoms with E-state index >= 15 is 0 Å². The van der Waals surface area contributed by atoms with E-state index in [0.717, 1.165) is 37.7 Å². The zero-order chi connectivity index (χ0) is 20.2. The van der Waals surface area contributed by atoms with Crippen molar-refractivity contribution in [3.63, 3.8) is 0 Å². The van der Waals surface area contributed by atoms with Gasteiger partial charge in [-0.15, -0.1) is 11.3 Å². The lowest BCUT2D eigenvalue weighted by molar-refractivity contribution is 0.0696. The quantitative estimate of drug-likeness (QED) is 0.673. The molecule has 0 unspecified atom stereocenters. The second kappa shape index (κ2) is 8.32. The lowest BCUT2D eigenvalue weighted by Crippen LogP contribution is -2.47. The summed E-state index contributed by atoms with van der Waals surface area (Å²) >= 11 is 1.34. The molecule has 3 aromatic rings. The van der Waals surface area contributed by atoms with Gasteiger partial charge in [0.25, 0.3) is 5.91 Å². The number of carbonyl (C=O) groups is 2. The van der Waals surface area contributed by atoms with Gasteiger partial charge in [0, 0.05) is 32.4 Å². The Hall–Kier alpha value is -3.39. The number of aromatic nitrogens is 1. The van der Waals surface area contributed by atoms with Crippen LogP contribution in [0.2, 0.25) is 0 Å². The Bertz CT molecular complexity index is 1000. The number of aromatic carboxylic acids is 1. The average molecular weight is 408 g/mol. The topological polar surface area (TPSA) is 85.8 Å². The lowest BCUT2D eigenvalue weighted by atomic mass is 10.1. The fourth-order valence-electron chi connectivity index (χ4n) is 3.35. The van der Waals surface area contributed by atoms with Gasteiger partial charge in [-0.25, -0.2) is 9.78 Å². The van der Waals surface area contributed by atoms with Gasteiger partial charge in [-0.2, -0.15) is 0 Å². The molecule has 1 aliphatic rings. The van der Waals surface area contributed by atoms with E-state index in [0.29, 0.717) is 10.6 Å². The summed E-state index contributed by atoms with van der Waals surface area (Å²) in [7, 11) is 0. The molecule has 0 radical (unpaired) electrons. The van der Waals surface area contributed by atoms with Crippen molar-refractivity contribution in [2.45, 2.75) is 0 Å². The number of carboxylic acids is 1. The van der Waals surface area contributed by atoms with Crippen LogP contribution in [0.5, 0.6) is 0 Å². The fourth-order valence-corrected chi connectivity index (χ4v) is 3.97. The number of rotatable bonds is 5. The predicted octanol–water partition coefficient (Wildman–Crippen LogP) is 3.42. The highest BCUT2D eigenvalue weighted by atomic mass is 32.1. The number of benzene rings is 1. The molecule has 148 valence electrons. The predicted molar refractivity (Wildman–Crippen MR) is 114 cm³/mol. The maximum atomic E-state index is 12.5. The Morgan fingerprint density at radius 2 is 1.79 bits per heavy atom. The van der Waals surface area contributed by atoms with Crippen LogP contribution in [0.25, 0.3) is 0 Å². The minimum absolute atomic E-state index is 0.141. The average Bonchev–Trinajstić information content (AvgIpc) is 3.30. The van der Waals surface area contributed by atoms with E-state index in [4.69, 9.17) is 0 Å². The molecule has 4 rings (SSSR count). The Kier molecular flexibility index (Phi) is 5.44. The van der Waals surface area contributed by atoms with Gasteiger partial charge in [-0.05, 0) is 41.8 Å². The molecule has 7 nitrogen and oxygen atoms in total. The molecule has 1 aliphatic heterocycles. The van der Waals surface area contributed by atoms with Crippen LogP contribution in [0.1, 0.15) is 20.0 Å². The molecule has 1 amide bonds. The van der Waals surface area contributed by atoms with Crippen LogP contribution in [0.15, 0.2) is 60.1 Å². The summed E-state index contributed by atoms with van der Waals surface area (Å²) in [6.45, 7) is 3.06. The van der Waals surface area contributed by atoms with Crippen LogP contribution in [0, 0.1) is 0 Å². The molecule has 2 N–H and O–H groups in total. The number of nitrogens with zero attached hydrogens (tertiary/aromatic N) is 3. The monoisotopic (exact) mass is 408 g/mol. The summed E-state index contributed by atoms with van der Waals surface area (Å²) < 4.78 is 0. The molecule has 1 aromatic carbocycles. The molecule has 2 aromatic heterocycles. The van der Waals surface area contributed by atoms with Crippen LogP contribution < -0.4 is 15.1 Å². The number of nitrogens with one attached hydrogen (secondary N) is 1. The first kappa shape index (κ1) is 18.9. The molecule has 1 saturated heterocycles. The second-order valence-corrected chi connectivity index (χ2v) is 7.58. The number of hydrogen-bond acceptors (Lipinski definition) is 6. The Balaban J connectivity index is 1.55. The molecule has 1 fully saturated rings. The van der Waals surface area contributed by atoms with Gasteiger partial charge in [0.1, 0.15) is 5.82 Å². The third-order valence-corrected chi connectivity index (χ3v) is 5.70. The van der Waals surface area contributed by atoms with E-state index in [2.05, 4.69) is 20.1 Å². The van der Waals surface area contributed by atoms with Gasteiger partial charge in [0.05, 0.1) is 21.8 Å². The molecule has 0 spiro atoms. The van der Waals surface area contributed by atoms with Gasteiger partial charge in [-0.3, -0.25) is 4.79 Å². The SMILES string of the molecule is O=C(O)c1ccc(N2CCN(c3ccccn3)CC2)c(NC(=O)c2cccs2)c1. The number of hydrogen-bond donors (Lipinski definition) is 2. The number of carboxylic acid groups (broad SMARTS) is 1. The van der Waals surface area contributed by atoms with E-state index in [9.17, 15) is 14.7 Å². The van der Waals surface area contributed by atoms with E-state index in [1.807, 2.05) is 29.6 Å². The highest BCUT2D eigenvalue weighted by molar-refractivity contribution is 7.12. The molecular weight excluding hydrogens is 388 g/mol. The van der Waals surface area contributed by atoms with Crippen molar-refractivity contribution in [3.05, 3.63) is 70.5 Å². The maximum Gasteiger partial charge on any atom is 0.335 e. The molecule has 0 bridgehead atoms. The third-order valence-electron chi connectivity index (χ3n) is 4.83. The van der Waals surface area contributed by atoms with Crippen molar-refractivity contribution in [1.29, 1.82) is 0 Å². The van der Waals surface area contributed by atoms with Crippen LogP contribution in [0.4, 0.5) is 17.2 Å². The maximum absolute atomic E-state index is 12.5. The van der Waals surface area contributed by atoms with Gasteiger partial charge >= 0.3 is 5.97 Å². The van der Waals surface area contributed by atoms with Crippen LogP contribution >= 0.6 is 11.3 Å². The molecule has 0 atom stereocenters. The normalized spacial score (nSPS) is 13.9. The Labute approximate surface area is 172 Å². The Morgan fingerprint density at radius 1 is 1.00 bits per heavy atom. The first-order valence-electron chi connectivity index (χ1n) is 9.25. The minimum atomic E-state index is -1.02. The van der Waals surface area contributed by atoms with Crippen molar-refractivity contribution < 1.29 is 14.7 Å². The largest absolute Gasteiger partial charge is 0.478 e. The van der Waals surface area contributed by atoms with Crippen molar-refractivity contribution in [2.24, 2.45) is 0 Å². The second-order valence-electron chi connectivity index (χ2n) is 6.63. The summed E-state index contributed by atoms with van der Waals surface area (Å²) in [6, 6.07) is 14.3. The molecule has 0 aliphatic carbocycles. The third kappa shape index (κ3) is 4.22. The van der Waals surface area contributed by atoms with Gasteiger partial charge in [0.15, 0.2) is 0 Å². The fraction of sp³-hybridized carbons (Fsp3) is 0.190. The number of pyridine rings is 1. The summed E-state index contributed by atoms with van der Waals surface area (Å²) in [5.41, 5.74) is 1.47. The van der Waals surface area contributed by atoms with E-state index < -0.39 is 5.97 Å². The van der Waals surface area contributed by atoms with E-state index in [1.165, 1.54) is 17.4 Å². The zero-order valence-corrected chi connectivity index (χ0v) is 16.4. The van der Waals surface area contributed by atoms with Gasteiger partial charge in [-0.1, -0.05) is 12.1 Å². The highest BCUT2D eigenvalue weighted by Gasteiger charge is 2.22. The number of thiophene rings is 1. The van der Waals surface area contributed by atoms with Gasteiger partial charge < -0.3 is 20.2 Å². The van der Waals surface area contributed by atoms with Crippen molar-refractivity contribution >= 4 is 40.4 Å². The molecule has 8 heteroatoms. The van der Waals surface area contributed by atoms with Gasteiger partial charge in [0.2, 0.25) is 0 Å². The summed E-state index contributed by atoms with van der Waals surface area (Å²) in [5, 5.41) is 14.1. The van der Waals surface area contributed by atoms with E-state index in [1.54, 1.807) is 24.4 Å². The number of carbonyl (C=O) groups excluding carboxylic acids is 1. The van der Waals surface area contributed by atoms with Crippen LogP contribution in [-0.2, 0) is 0 Å². The number of piperazine rings is 1. The van der Waals surface area contributed by atoms with E-state index in [-0.39, 0.29) is 11.5 Å². The first-order valence-corrected chi connectivity index (χ1v) is 10.1. The molecular formula is C21H20N4O3S. The van der Waals surface area contributed by atoms with Crippen LogP contribution in [0.3, 0.4) is 0 Å². The van der Waals surface area contributed by atoms with Crippen molar-refractivity contribution in [2.75, 3.05) is 41.3 Å². The zero-order valence-electron chi connectivity index (χ0n) is 15.6. The summed E-state index contributed by atoms with van der Waals surface area (Å²) in [4.78, 5) is 33.3. The molecule has 0 saturated carbocycles. The van der Waals surface area contributed by atoms with Crippen molar-refractivity contribution in [3.8, 4) is 0 Å². The molecule has 29 heavy (non-hydrogen) atoms. The number of amides is 1. The summed E-state index contributed by atoms with van der Waals surface area (Å²) in [5.74, 6) is -0.321. The highest BCUT2D eigenvalue weighted by Crippen LogP contribution is 2.30. The minimum Gasteiger partial charge on any atom is -0.478 e. The first-order chi connectivity index (χ1) is 14.1. The number of anilines is 3. The lowest BCUT2D eigenvalue weighted by Gasteiger charge is -2.37. The van der Waals surface area contributed by atoms with Crippen LogP contribution in [-0.4, -0.2) is 48.1 Å². The molecule has 3 heterocycles. The standard InChI is InChI=1S/C21H20N4O3S/c26-20(18-4-3-13-29-18)23-16-14-15(21(27)28)6-7-17(16)24-9-11-25(12-10-24)19-5-1-2-8-22-19/h1-8,13-14H,9-12H2,(H,23,26)(H,27,28).